The van der Waals surface area contributed by atoms with Crippen LogP contribution in [0.5, 0.6) is 5.88 Å². The molecule has 2 amide bonds. The molecule has 14 nitrogen and oxygen atoms in total. The van der Waals surface area contributed by atoms with Gasteiger partial charge in [0, 0.05) is 42.0 Å². The third-order valence-electron chi connectivity index (χ3n) is 7.16. The van der Waals surface area contributed by atoms with Gasteiger partial charge in [0.25, 0.3) is 11.8 Å². The highest BCUT2D eigenvalue weighted by Gasteiger charge is 2.21. The molecule has 1 fully saturated rings. The predicted octanol–water partition coefficient (Wildman–Crippen LogP) is 3.91. The molecule has 14 heteroatoms. The molecule has 0 radical (unpaired) electrons. The number of aromatic nitrogens is 7. The van der Waals surface area contributed by atoms with Crippen LogP contribution >= 0.6 is 0 Å². The second-order valence-electron chi connectivity index (χ2n) is 10.2. The number of amides is 2. The smallest absolute Gasteiger partial charge is 0.259 e. The lowest BCUT2D eigenvalue weighted by atomic mass is 10.2. The van der Waals surface area contributed by atoms with E-state index in [2.05, 4.69) is 30.6 Å². The van der Waals surface area contributed by atoms with E-state index in [0.29, 0.717) is 41.1 Å². The van der Waals surface area contributed by atoms with Crippen molar-refractivity contribution in [3.63, 3.8) is 0 Å². The summed E-state index contributed by atoms with van der Waals surface area (Å²) in [7, 11) is 0. The van der Waals surface area contributed by atoms with E-state index in [9.17, 15) is 9.59 Å². The Bertz CT molecular complexity index is 1970. The first kappa shape index (κ1) is 28.2. The van der Waals surface area contributed by atoms with Crippen molar-refractivity contribution in [3.05, 3.63) is 95.8 Å². The maximum absolute atomic E-state index is 12.6. The molecule has 0 aliphatic carbocycles. The molecule has 5 aromatic heterocycles. The van der Waals surface area contributed by atoms with E-state index < -0.39 is 11.8 Å². The van der Waals surface area contributed by atoms with Crippen molar-refractivity contribution in [2.45, 2.75) is 38.8 Å². The number of hydrogen-bond acceptors (Lipinski definition) is 12. The number of ether oxygens (including phenoxy) is 3. The highest BCUT2D eigenvalue weighted by Crippen LogP contribution is 2.29. The first-order valence-electron chi connectivity index (χ1n) is 14.3. The van der Waals surface area contributed by atoms with Gasteiger partial charge in [-0.25, -0.2) is 0 Å². The summed E-state index contributed by atoms with van der Waals surface area (Å²) in [5.41, 5.74) is 2.01. The molecular formula is C31H26N8O6. The van der Waals surface area contributed by atoms with Crippen LogP contribution in [0, 0.1) is 0 Å². The summed E-state index contributed by atoms with van der Waals surface area (Å²) in [4.78, 5) is 33.1. The van der Waals surface area contributed by atoms with Gasteiger partial charge in [0.15, 0.2) is 23.4 Å². The number of imide groups is 1. The summed E-state index contributed by atoms with van der Waals surface area (Å²) < 4.78 is 24.6. The van der Waals surface area contributed by atoms with Crippen LogP contribution in [0.3, 0.4) is 0 Å². The highest BCUT2D eigenvalue weighted by atomic mass is 16.7. The van der Waals surface area contributed by atoms with E-state index in [-0.39, 0.29) is 30.6 Å². The summed E-state index contributed by atoms with van der Waals surface area (Å²) in [6.07, 6.45) is 7.00. The van der Waals surface area contributed by atoms with Crippen LogP contribution in [-0.4, -0.2) is 59.6 Å². The summed E-state index contributed by atoms with van der Waals surface area (Å²) >= 11 is 0. The maximum Gasteiger partial charge on any atom is 0.259 e. The third-order valence-corrected chi connectivity index (χ3v) is 7.16. The maximum atomic E-state index is 12.6. The van der Waals surface area contributed by atoms with Crippen LogP contribution in [0.1, 0.15) is 51.4 Å². The Kier molecular flexibility index (Phi) is 7.87. The number of carbonyl (C=O) groups is 2. The largest absolute Gasteiger partial charge is 0.470 e. The molecule has 1 aromatic carbocycles. The van der Waals surface area contributed by atoms with Crippen molar-refractivity contribution in [1.29, 1.82) is 0 Å². The number of rotatable bonds is 9. The minimum atomic E-state index is -0.577. The Balaban J connectivity index is 1.07. The van der Waals surface area contributed by atoms with Gasteiger partial charge in [-0.2, -0.15) is 4.52 Å². The fraction of sp³-hybridized carbons (Fsp3) is 0.226. The number of hydrogen-bond donors (Lipinski definition) is 1. The standard InChI is InChI=1S/C31H26N8O6/c40-29(19-6-5-12-32-15-19)34-30(41)20-10-11-21(33-16-20)17-44-31-24-8-2-1-7-23(24)27-35-36-28(39(27)37-31)25-14-22(45-38-25)18-43-26-9-3-4-13-42-26/h1-2,5-8,10-12,14-16,26H,3-4,9,13,17-18H2,(H,34,40,41). The fourth-order valence-corrected chi connectivity index (χ4v) is 4.85. The van der Waals surface area contributed by atoms with Crippen LogP contribution in [-0.2, 0) is 22.7 Å². The van der Waals surface area contributed by atoms with E-state index >= 15 is 0 Å². The fourth-order valence-electron chi connectivity index (χ4n) is 4.85. The molecule has 1 unspecified atom stereocenters. The molecule has 0 bridgehead atoms. The highest BCUT2D eigenvalue weighted by molar-refractivity contribution is 6.10. The lowest BCUT2D eigenvalue weighted by molar-refractivity contribution is -0.171. The van der Waals surface area contributed by atoms with Crippen molar-refractivity contribution >= 4 is 28.2 Å². The molecule has 0 spiro atoms. The molecule has 1 aliphatic heterocycles. The van der Waals surface area contributed by atoms with Gasteiger partial charge in [0.1, 0.15) is 13.2 Å². The van der Waals surface area contributed by atoms with Gasteiger partial charge in [0.2, 0.25) is 11.7 Å². The van der Waals surface area contributed by atoms with E-state index in [0.717, 1.165) is 30.0 Å². The molecule has 1 N–H and O–H groups in total. The van der Waals surface area contributed by atoms with E-state index in [1.807, 2.05) is 24.3 Å². The predicted molar refractivity (Wildman–Crippen MR) is 157 cm³/mol. The van der Waals surface area contributed by atoms with Crippen LogP contribution < -0.4 is 10.1 Å². The number of carbonyl (C=O) groups excluding carboxylic acids is 2. The van der Waals surface area contributed by atoms with Gasteiger partial charge in [0.05, 0.1) is 16.8 Å². The number of nitrogens with zero attached hydrogens (tertiary/aromatic N) is 7. The summed E-state index contributed by atoms with van der Waals surface area (Å²) in [5, 5.41) is 21.4. The normalized spacial score (nSPS) is 14.9. The molecule has 1 atom stereocenters. The number of nitrogens with one attached hydrogen (secondary N) is 1. The number of benzene rings is 1. The summed E-state index contributed by atoms with van der Waals surface area (Å²) in [6.45, 7) is 0.967. The van der Waals surface area contributed by atoms with Crippen molar-refractivity contribution in [1.82, 2.24) is 40.3 Å². The van der Waals surface area contributed by atoms with E-state index in [1.165, 1.54) is 12.4 Å². The molecule has 7 rings (SSSR count). The number of fused-ring (bicyclic) bond motifs is 3. The van der Waals surface area contributed by atoms with Gasteiger partial charge in [-0.05, 0) is 49.6 Å². The lowest BCUT2D eigenvalue weighted by Gasteiger charge is -2.21. The first-order valence-corrected chi connectivity index (χ1v) is 14.3. The Labute approximate surface area is 255 Å². The zero-order chi connectivity index (χ0) is 30.6. The summed E-state index contributed by atoms with van der Waals surface area (Å²) in [5.74, 6) is 0.0985. The molecule has 6 heterocycles. The zero-order valence-electron chi connectivity index (χ0n) is 23.8. The topological polar surface area (TPSA) is 169 Å². The quantitative estimate of drug-likeness (QED) is 0.236. The van der Waals surface area contributed by atoms with E-state index in [1.54, 1.807) is 41.0 Å². The second kappa shape index (κ2) is 12.6. The van der Waals surface area contributed by atoms with Gasteiger partial charge in [-0.15, -0.1) is 15.3 Å². The van der Waals surface area contributed by atoms with Crippen molar-refractivity contribution in [2.75, 3.05) is 6.61 Å². The molecule has 0 saturated carbocycles. The third kappa shape index (κ3) is 6.09. The van der Waals surface area contributed by atoms with Crippen molar-refractivity contribution in [3.8, 4) is 17.4 Å². The van der Waals surface area contributed by atoms with Crippen LogP contribution in [0.2, 0.25) is 0 Å². The molecule has 6 aromatic rings. The average Bonchev–Trinajstić information content (AvgIpc) is 3.74. The minimum absolute atomic E-state index is 0.0607. The van der Waals surface area contributed by atoms with Crippen molar-refractivity contribution in [2.24, 2.45) is 0 Å². The molecule has 1 aliphatic rings. The lowest BCUT2D eigenvalue weighted by Crippen LogP contribution is -2.30. The van der Waals surface area contributed by atoms with Crippen molar-refractivity contribution < 1.29 is 28.3 Å². The first-order chi connectivity index (χ1) is 22.1. The molecule has 45 heavy (non-hydrogen) atoms. The van der Waals surface area contributed by atoms with Crippen LogP contribution in [0.4, 0.5) is 0 Å². The van der Waals surface area contributed by atoms with Gasteiger partial charge < -0.3 is 18.7 Å². The summed E-state index contributed by atoms with van der Waals surface area (Å²) in [6, 6.07) is 15.7. The van der Waals surface area contributed by atoms with Gasteiger partial charge in [-0.1, -0.05) is 23.4 Å². The Morgan fingerprint density at radius 2 is 1.82 bits per heavy atom. The molecule has 226 valence electrons. The zero-order valence-corrected chi connectivity index (χ0v) is 23.8. The molecule has 1 saturated heterocycles. The average molecular weight is 607 g/mol. The minimum Gasteiger partial charge on any atom is -0.470 e. The monoisotopic (exact) mass is 606 g/mol. The number of pyridine rings is 2. The Hall–Kier alpha value is -5.60. The van der Waals surface area contributed by atoms with Crippen LogP contribution in [0.25, 0.3) is 27.9 Å². The Morgan fingerprint density at radius 3 is 2.60 bits per heavy atom. The van der Waals surface area contributed by atoms with Gasteiger partial charge >= 0.3 is 0 Å². The van der Waals surface area contributed by atoms with Gasteiger partial charge in [-0.3, -0.25) is 24.9 Å². The van der Waals surface area contributed by atoms with Crippen LogP contribution in [0.15, 0.2) is 77.7 Å². The van der Waals surface area contributed by atoms with E-state index in [4.69, 9.17) is 23.8 Å². The SMILES string of the molecule is O=C(NC(=O)c1ccc(COc2nn3c(-c4cc(COC5CCCCO5)on4)nnc3c3ccccc23)nc1)c1cccnc1. The Morgan fingerprint density at radius 1 is 0.956 bits per heavy atom. The second-order valence-corrected chi connectivity index (χ2v) is 10.2. The molecular weight excluding hydrogens is 580 g/mol.